The van der Waals surface area contributed by atoms with Gasteiger partial charge < -0.3 is 15.7 Å². The van der Waals surface area contributed by atoms with Crippen molar-refractivity contribution in [3.8, 4) is 0 Å². The molecule has 2 unspecified atom stereocenters. The van der Waals surface area contributed by atoms with Crippen molar-refractivity contribution in [3.63, 3.8) is 0 Å². The van der Waals surface area contributed by atoms with Gasteiger partial charge in [-0.2, -0.15) is 0 Å². The summed E-state index contributed by atoms with van der Waals surface area (Å²) in [5, 5.41) is 14.8. The van der Waals surface area contributed by atoms with E-state index in [0.717, 1.165) is 0 Å². The Hall–Kier alpha value is -1.46. The highest BCUT2D eigenvalue weighted by molar-refractivity contribution is 5.90. The normalized spacial score (nSPS) is 14.0. The smallest absolute Gasteiger partial charge is 0.225 e. The van der Waals surface area contributed by atoms with Crippen LogP contribution in [0.1, 0.15) is 20.3 Å². The van der Waals surface area contributed by atoms with Crippen LogP contribution in [0.2, 0.25) is 0 Å². The Balaban J connectivity index is 2.34. The zero-order valence-corrected chi connectivity index (χ0v) is 10.6. The van der Waals surface area contributed by atoms with E-state index in [0.29, 0.717) is 18.7 Å². The molecule has 18 heavy (non-hydrogen) atoms. The number of hydrogen-bond donors (Lipinski definition) is 3. The lowest BCUT2D eigenvalue weighted by Gasteiger charge is -2.14. The standard InChI is InChI=1S/C13H19FN2O2/c1-9(15-8-10(2)17)7-13(18)16-12-5-3-11(14)4-6-12/h3-6,9-10,15,17H,7-8H2,1-2H3,(H,16,18). The van der Waals surface area contributed by atoms with Crippen molar-refractivity contribution in [1.82, 2.24) is 5.32 Å². The molecule has 3 N–H and O–H groups in total. The Morgan fingerprint density at radius 2 is 1.94 bits per heavy atom. The lowest BCUT2D eigenvalue weighted by atomic mass is 10.2. The number of amides is 1. The SMILES string of the molecule is CC(O)CNC(C)CC(=O)Nc1ccc(F)cc1. The Morgan fingerprint density at radius 1 is 1.33 bits per heavy atom. The fourth-order valence-corrected chi connectivity index (χ4v) is 1.47. The second-order valence-electron chi connectivity index (χ2n) is 4.42. The van der Waals surface area contributed by atoms with Crippen LogP contribution in [-0.2, 0) is 4.79 Å². The second-order valence-corrected chi connectivity index (χ2v) is 4.42. The molecule has 0 radical (unpaired) electrons. The lowest BCUT2D eigenvalue weighted by molar-refractivity contribution is -0.116. The summed E-state index contributed by atoms with van der Waals surface area (Å²) >= 11 is 0. The molecular formula is C13H19FN2O2. The van der Waals surface area contributed by atoms with E-state index in [1.807, 2.05) is 6.92 Å². The second kappa shape index (κ2) is 7.08. The van der Waals surface area contributed by atoms with Crippen LogP contribution in [-0.4, -0.2) is 29.7 Å². The largest absolute Gasteiger partial charge is 0.392 e. The fourth-order valence-electron chi connectivity index (χ4n) is 1.47. The van der Waals surface area contributed by atoms with Gasteiger partial charge in [0, 0.05) is 24.7 Å². The van der Waals surface area contributed by atoms with E-state index in [9.17, 15) is 9.18 Å². The van der Waals surface area contributed by atoms with Crippen LogP contribution in [0, 0.1) is 5.82 Å². The molecule has 0 aliphatic carbocycles. The quantitative estimate of drug-likeness (QED) is 0.721. The number of nitrogens with one attached hydrogen (secondary N) is 2. The van der Waals surface area contributed by atoms with Gasteiger partial charge in [0.2, 0.25) is 5.91 Å². The third-order valence-corrected chi connectivity index (χ3v) is 2.38. The van der Waals surface area contributed by atoms with E-state index < -0.39 is 6.10 Å². The summed E-state index contributed by atoms with van der Waals surface area (Å²) in [5.41, 5.74) is 0.573. The first-order valence-corrected chi connectivity index (χ1v) is 5.94. The maximum absolute atomic E-state index is 12.7. The van der Waals surface area contributed by atoms with Crippen molar-refractivity contribution in [2.75, 3.05) is 11.9 Å². The summed E-state index contributed by atoms with van der Waals surface area (Å²) < 4.78 is 12.7. The number of anilines is 1. The molecule has 0 bridgehead atoms. The molecule has 0 aliphatic rings. The minimum absolute atomic E-state index is 0.0277. The van der Waals surface area contributed by atoms with Gasteiger partial charge >= 0.3 is 0 Å². The number of aliphatic hydroxyl groups excluding tert-OH is 1. The van der Waals surface area contributed by atoms with Gasteiger partial charge in [-0.15, -0.1) is 0 Å². The van der Waals surface area contributed by atoms with Gasteiger partial charge in [0.15, 0.2) is 0 Å². The Bertz CT molecular complexity index is 379. The van der Waals surface area contributed by atoms with Crippen LogP contribution in [0.5, 0.6) is 0 Å². The molecular weight excluding hydrogens is 235 g/mol. The highest BCUT2D eigenvalue weighted by atomic mass is 19.1. The van der Waals surface area contributed by atoms with Gasteiger partial charge in [-0.25, -0.2) is 4.39 Å². The van der Waals surface area contributed by atoms with Crippen LogP contribution in [0.3, 0.4) is 0 Å². The zero-order valence-electron chi connectivity index (χ0n) is 10.6. The molecule has 100 valence electrons. The minimum atomic E-state index is -0.437. The van der Waals surface area contributed by atoms with Gasteiger partial charge in [0.05, 0.1) is 6.10 Å². The first-order valence-electron chi connectivity index (χ1n) is 5.94. The van der Waals surface area contributed by atoms with Crippen molar-refractivity contribution in [2.24, 2.45) is 0 Å². The highest BCUT2D eigenvalue weighted by Gasteiger charge is 2.09. The average molecular weight is 254 g/mol. The van der Waals surface area contributed by atoms with Gasteiger partial charge in [0.25, 0.3) is 0 Å². The number of halogens is 1. The molecule has 0 saturated heterocycles. The summed E-state index contributed by atoms with van der Waals surface area (Å²) in [4.78, 5) is 11.6. The third kappa shape index (κ3) is 5.75. The molecule has 4 nitrogen and oxygen atoms in total. The molecule has 5 heteroatoms. The number of benzene rings is 1. The first-order chi connectivity index (χ1) is 8.47. The molecule has 0 aliphatic heterocycles. The number of carbonyl (C=O) groups is 1. The van der Waals surface area contributed by atoms with E-state index in [1.165, 1.54) is 24.3 Å². The maximum atomic E-state index is 12.7. The van der Waals surface area contributed by atoms with Crippen LogP contribution < -0.4 is 10.6 Å². The summed E-state index contributed by atoms with van der Waals surface area (Å²) in [6.07, 6.45) is -0.142. The van der Waals surface area contributed by atoms with E-state index in [-0.39, 0.29) is 17.8 Å². The van der Waals surface area contributed by atoms with E-state index in [1.54, 1.807) is 6.92 Å². The Kier molecular flexibility index (Phi) is 5.74. The van der Waals surface area contributed by atoms with Crippen molar-refractivity contribution in [3.05, 3.63) is 30.1 Å². The van der Waals surface area contributed by atoms with E-state index >= 15 is 0 Å². The van der Waals surface area contributed by atoms with Crippen LogP contribution >= 0.6 is 0 Å². The molecule has 1 aromatic carbocycles. The topological polar surface area (TPSA) is 61.4 Å². The molecule has 2 atom stereocenters. The van der Waals surface area contributed by atoms with Crippen LogP contribution in [0.25, 0.3) is 0 Å². The molecule has 0 fully saturated rings. The molecule has 0 heterocycles. The van der Waals surface area contributed by atoms with Crippen molar-refractivity contribution >= 4 is 11.6 Å². The fraction of sp³-hybridized carbons (Fsp3) is 0.462. The predicted molar refractivity (Wildman–Crippen MR) is 68.8 cm³/mol. The molecule has 0 aromatic heterocycles. The van der Waals surface area contributed by atoms with Crippen molar-refractivity contribution in [2.45, 2.75) is 32.4 Å². The zero-order chi connectivity index (χ0) is 13.5. The Morgan fingerprint density at radius 3 is 2.50 bits per heavy atom. The van der Waals surface area contributed by atoms with Crippen molar-refractivity contribution < 1.29 is 14.3 Å². The van der Waals surface area contributed by atoms with Gasteiger partial charge in [-0.3, -0.25) is 4.79 Å². The maximum Gasteiger partial charge on any atom is 0.225 e. The van der Waals surface area contributed by atoms with Gasteiger partial charge in [-0.05, 0) is 38.1 Å². The van der Waals surface area contributed by atoms with Crippen LogP contribution in [0.4, 0.5) is 10.1 Å². The average Bonchev–Trinajstić information content (AvgIpc) is 2.29. The van der Waals surface area contributed by atoms with Gasteiger partial charge in [0.1, 0.15) is 5.82 Å². The minimum Gasteiger partial charge on any atom is -0.392 e. The Labute approximate surface area is 106 Å². The monoisotopic (exact) mass is 254 g/mol. The highest BCUT2D eigenvalue weighted by Crippen LogP contribution is 2.08. The molecule has 1 amide bonds. The number of aliphatic hydroxyl groups is 1. The summed E-state index contributed by atoms with van der Waals surface area (Å²) in [5.74, 6) is -0.479. The van der Waals surface area contributed by atoms with E-state index in [2.05, 4.69) is 10.6 Å². The molecule has 0 saturated carbocycles. The summed E-state index contributed by atoms with van der Waals surface area (Å²) in [6.45, 7) is 4.00. The van der Waals surface area contributed by atoms with Crippen molar-refractivity contribution in [1.29, 1.82) is 0 Å². The first kappa shape index (κ1) is 14.6. The number of hydrogen-bond acceptors (Lipinski definition) is 3. The molecule has 0 spiro atoms. The molecule has 1 aromatic rings. The predicted octanol–water partition coefficient (Wildman–Crippen LogP) is 1.51. The lowest BCUT2D eigenvalue weighted by Crippen LogP contribution is -2.35. The van der Waals surface area contributed by atoms with Gasteiger partial charge in [-0.1, -0.05) is 0 Å². The third-order valence-electron chi connectivity index (χ3n) is 2.38. The summed E-state index contributed by atoms with van der Waals surface area (Å²) in [7, 11) is 0. The van der Waals surface area contributed by atoms with Crippen LogP contribution in [0.15, 0.2) is 24.3 Å². The molecule has 1 rings (SSSR count). The number of rotatable bonds is 6. The summed E-state index contributed by atoms with van der Waals surface area (Å²) in [6, 6.07) is 5.60. The number of carbonyl (C=O) groups excluding carboxylic acids is 1. The van der Waals surface area contributed by atoms with E-state index in [4.69, 9.17) is 5.11 Å².